The molecule has 1 aromatic carbocycles. The zero-order valence-electron chi connectivity index (χ0n) is 16.7. The molecule has 2 amide bonds. The Bertz CT molecular complexity index is 767. The van der Waals surface area contributed by atoms with Crippen molar-refractivity contribution in [3.05, 3.63) is 23.8 Å². The summed E-state index contributed by atoms with van der Waals surface area (Å²) in [5.74, 6) is -1.29. The van der Waals surface area contributed by atoms with Crippen LogP contribution in [0.25, 0.3) is 0 Å². The van der Waals surface area contributed by atoms with Crippen LogP contribution in [0.15, 0.2) is 23.2 Å². The molecular weight excluding hydrogens is 370 g/mol. The van der Waals surface area contributed by atoms with E-state index in [2.05, 4.69) is 15.6 Å². The lowest BCUT2D eigenvalue weighted by Gasteiger charge is -2.20. The van der Waals surface area contributed by atoms with Crippen LogP contribution in [0, 0.1) is 0 Å². The normalized spacial score (nSPS) is 11.6. The van der Waals surface area contributed by atoms with E-state index < -0.39 is 29.9 Å². The van der Waals surface area contributed by atoms with Gasteiger partial charge in [0.25, 0.3) is 0 Å². The molecule has 28 heavy (non-hydrogen) atoms. The van der Waals surface area contributed by atoms with Gasteiger partial charge in [0.15, 0.2) is 0 Å². The second-order valence-corrected chi connectivity index (χ2v) is 6.86. The summed E-state index contributed by atoms with van der Waals surface area (Å²) in [6.07, 6.45) is -2.09. The number of hydrogen-bond donors (Lipinski definition) is 3. The van der Waals surface area contributed by atoms with Crippen LogP contribution in [-0.2, 0) is 9.47 Å². The first kappa shape index (κ1) is 22.7. The number of hydrogen-bond acceptors (Lipinski definition) is 7. The van der Waals surface area contributed by atoms with Crippen molar-refractivity contribution in [2.24, 2.45) is 4.99 Å². The highest BCUT2D eigenvalue weighted by molar-refractivity contribution is 6.02. The number of ether oxygens (including phenoxy) is 3. The van der Waals surface area contributed by atoms with Gasteiger partial charge in [0.2, 0.25) is 5.96 Å². The predicted molar refractivity (Wildman–Crippen MR) is 101 cm³/mol. The SMILES string of the molecule is COc1cc(C(=O)O)ccc1N=C(NC(=O)OC(C)C)NC(=O)OC(C)(C)C. The second kappa shape index (κ2) is 9.58. The molecule has 0 aliphatic heterocycles. The number of carbonyl (C=O) groups excluding carboxylic acids is 2. The van der Waals surface area contributed by atoms with Gasteiger partial charge in [0, 0.05) is 0 Å². The van der Waals surface area contributed by atoms with Crippen molar-refractivity contribution in [3.8, 4) is 5.75 Å². The monoisotopic (exact) mass is 395 g/mol. The van der Waals surface area contributed by atoms with E-state index in [-0.39, 0.29) is 23.0 Å². The number of benzene rings is 1. The van der Waals surface area contributed by atoms with Gasteiger partial charge >= 0.3 is 18.2 Å². The zero-order valence-corrected chi connectivity index (χ0v) is 16.7. The maximum atomic E-state index is 12.0. The van der Waals surface area contributed by atoms with Gasteiger partial charge in [0.1, 0.15) is 17.0 Å². The molecule has 0 aliphatic carbocycles. The van der Waals surface area contributed by atoms with Crippen LogP contribution in [0.3, 0.4) is 0 Å². The highest BCUT2D eigenvalue weighted by atomic mass is 16.6. The standard InChI is InChI=1S/C18H25N3O7/c1-10(2)27-16(24)20-15(21-17(25)28-18(3,4)5)19-12-8-7-11(14(22)23)9-13(12)26-6/h7-10H,1-6H3,(H,22,23)(H2,19,20,21,24,25). The minimum absolute atomic E-state index is 0.00960. The maximum absolute atomic E-state index is 12.0. The molecule has 0 unspecified atom stereocenters. The zero-order chi connectivity index (χ0) is 21.5. The van der Waals surface area contributed by atoms with Gasteiger partial charge in [-0.05, 0) is 52.8 Å². The second-order valence-electron chi connectivity index (χ2n) is 6.86. The van der Waals surface area contributed by atoms with E-state index in [1.807, 2.05) is 0 Å². The van der Waals surface area contributed by atoms with Crippen molar-refractivity contribution in [1.82, 2.24) is 10.6 Å². The van der Waals surface area contributed by atoms with Crippen molar-refractivity contribution in [2.75, 3.05) is 7.11 Å². The lowest BCUT2D eigenvalue weighted by atomic mass is 10.2. The molecule has 0 spiro atoms. The summed E-state index contributed by atoms with van der Waals surface area (Å²) in [6, 6.07) is 3.94. The summed E-state index contributed by atoms with van der Waals surface area (Å²) < 4.78 is 15.3. The van der Waals surface area contributed by atoms with E-state index in [4.69, 9.17) is 19.3 Å². The van der Waals surface area contributed by atoms with Crippen molar-refractivity contribution < 1.29 is 33.7 Å². The van der Waals surface area contributed by atoms with E-state index in [0.717, 1.165) is 0 Å². The average Bonchev–Trinajstić information content (AvgIpc) is 2.51. The molecule has 0 atom stereocenters. The summed E-state index contributed by atoms with van der Waals surface area (Å²) in [5.41, 5.74) is -0.609. The van der Waals surface area contributed by atoms with Gasteiger partial charge in [-0.3, -0.25) is 10.6 Å². The number of methoxy groups -OCH3 is 1. The van der Waals surface area contributed by atoms with Crippen LogP contribution < -0.4 is 15.4 Å². The molecule has 0 fully saturated rings. The number of aliphatic imine (C=N–C) groups is 1. The molecule has 0 aromatic heterocycles. The van der Waals surface area contributed by atoms with Gasteiger partial charge < -0.3 is 19.3 Å². The molecule has 154 valence electrons. The van der Waals surface area contributed by atoms with Crippen LogP contribution in [-0.4, -0.2) is 48.0 Å². The van der Waals surface area contributed by atoms with Crippen LogP contribution >= 0.6 is 0 Å². The first-order valence-corrected chi connectivity index (χ1v) is 8.39. The molecule has 0 saturated heterocycles. The first-order valence-electron chi connectivity index (χ1n) is 8.39. The number of guanidine groups is 1. The average molecular weight is 395 g/mol. The number of rotatable bonds is 4. The smallest absolute Gasteiger partial charge is 0.414 e. The summed E-state index contributed by atoms with van der Waals surface area (Å²) in [5, 5.41) is 13.7. The van der Waals surface area contributed by atoms with Crippen LogP contribution in [0.4, 0.5) is 15.3 Å². The summed E-state index contributed by atoms with van der Waals surface area (Å²) in [6.45, 7) is 8.35. The van der Waals surface area contributed by atoms with Gasteiger partial charge in [-0.15, -0.1) is 0 Å². The van der Waals surface area contributed by atoms with E-state index in [0.29, 0.717) is 0 Å². The fourth-order valence-electron chi connectivity index (χ4n) is 1.85. The Hall–Kier alpha value is -3.30. The topological polar surface area (TPSA) is 136 Å². The highest BCUT2D eigenvalue weighted by Gasteiger charge is 2.20. The Morgan fingerprint density at radius 3 is 2.21 bits per heavy atom. The third kappa shape index (κ3) is 7.94. The number of aromatic carboxylic acids is 1. The Morgan fingerprint density at radius 1 is 1.11 bits per heavy atom. The van der Waals surface area contributed by atoms with E-state index in [1.54, 1.807) is 34.6 Å². The molecule has 0 aliphatic rings. The summed E-state index contributed by atoms with van der Waals surface area (Å²) >= 11 is 0. The fourth-order valence-corrected chi connectivity index (χ4v) is 1.85. The lowest BCUT2D eigenvalue weighted by molar-refractivity contribution is 0.0560. The van der Waals surface area contributed by atoms with E-state index in [9.17, 15) is 14.4 Å². The number of nitrogens with one attached hydrogen (secondary N) is 2. The molecule has 0 radical (unpaired) electrons. The number of carboxylic acids is 1. The van der Waals surface area contributed by atoms with Crippen molar-refractivity contribution in [2.45, 2.75) is 46.3 Å². The molecule has 0 saturated carbocycles. The summed E-state index contributed by atoms with van der Waals surface area (Å²) in [7, 11) is 1.33. The number of amides is 2. The molecule has 1 aromatic rings. The molecule has 3 N–H and O–H groups in total. The minimum atomic E-state index is -1.14. The molecular formula is C18H25N3O7. The van der Waals surface area contributed by atoms with Gasteiger partial charge in [0.05, 0.1) is 18.8 Å². The fraction of sp³-hybridized carbons (Fsp3) is 0.444. The third-order valence-corrected chi connectivity index (χ3v) is 2.84. The van der Waals surface area contributed by atoms with Crippen LogP contribution in [0.2, 0.25) is 0 Å². The molecule has 0 heterocycles. The first-order chi connectivity index (χ1) is 12.9. The highest BCUT2D eigenvalue weighted by Crippen LogP contribution is 2.28. The Morgan fingerprint density at radius 2 is 1.71 bits per heavy atom. The Kier molecular flexibility index (Phi) is 7.78. The Balaban J connectivity index is 3.20. The quantitative estimate of drug-likeness (QED) is 0.526. The van der Waals surface area contributed by atoms with E-state index in [1.165, 1.54) is 25.3 Å². The van der Waals surface area contributed by atoms with Gasteiger partial charge in [-0.2, -0.15) is 0 Å². The Labute approximate surface area is 162 Å². The number of carboxylic acid groups (broad SMARTS) is 1. The number of nitrogens with zero attached hydrogens (tertiary/aromatic N) is 1. The van der Waals surface area contributed by atoms with Gasteiger partial charge in [-0.1, -0.05) is 0 Å². The minimum Gasteiger partial charge on any atom is -0.494 e. The summed E-state index contributed by atoms with van der Waals surface area (Å²) in [4.78, 5) is 39.2. The van der Waals surface area contributed by atoms with Crippen LogP contribution in [0.5, 0.6) is 5.75 Å². The maximum Gasteiger partial charge on any atom is 0.414 e. The molecule has 10 heteroatoms. The third-order valence-electron chi connectivity index (χ3n) is 2.84. The number of alkyl carbamates (subject to hydrolysis) is 2. The molecule has 1 rings (SSSR count). The van der Waals surface area contributed by atoms with Crippen LogP contribution in [0.1, 0.15) is 45.0 Å². The van der Waals surface area contributed by atoms with Gasteiger partial charge in [-0.25, -0.2) is 19.4 Å². The van der Waals surface area contributed by atoms with Crippen molar-refractivity contribution >= 4 is 29.8 Å². The predicted octanol–water partition coefficient (Wildman–Crippen LogP) is 3.04. The molecule has 10 nitrogen and oxygen atoms in total. The lowest BCUT2D eigenvalue weighted by Crippen LogP contribution is -2.46. The molecule has 0 bridgehead atoms. The largest absolute Gasteiger partial charge is 0.494 e. The van der Waals surface area contributed by atoms with Crippen molar-refractivity contribution in [1.29, 1.82) is 0 Å². The number of carbonyl (C=O) groups is 3. The van der Waals surface area contributed by atoms with Crippen molar-refractivity contribution in [3.63, 3.8) is 0 Å². The van der Waals surface area contributed by atoms with E-state index >= 15 is 0 Å².